The van der Waals surface area contributed by atoms with E-state index in [9.17, 15) is 4.79 Å². The van der Waals surface area contributed by atoms with Crippen LogP contribution in [0.15, 0.2) is 36.7 Å². The number of anilines is 1. The zero-order valence-corrected chi connectivity index (χ0v) is 10.4. The number of nitrogens with one attached hydrogen (secondary N) is 2. The molecule has 1 amide bonds. The number of aromatic nitrogens is 2. The van der Waals surface area contributed by atoms with E-state index >= 15 is 0 Å². The molecule has 1 saturated heterocycles. The van der Waals surface area contributed by atoms with E-state index in [0.717, 1.165) is 29.9 Å². The number of nitrogens with zero attached hydrogens (tertiary/aromatic N) is 1. The second-order valence-corrected chi connectivity index (χ2v) is 4.51. The standard InChI is InChI=1S/C14H15N3O2/c18-14(12-5-2-8-19-12)17-11-4-1-3-10(9-11)13-15-6-7-16-13/h1,3-4,6-7,9,12H,2,5,8H2,(H,15,16)(H,17,18). The number of ether oxygens (including phenoxy) is 1. The van der Waals surface area contributed by atoms with Gasteiger partial charge in [0.2, 0.25) is 0 Å². The van der Waals surface area contributed by atoms with E-state index in [1.165, 1.54) is 0 Å². The van der Waals surface area contributed by atoms with Crippen LogP contribution >= 0.6 is 0 Å². The van der Waals surface area contributed by atoms with Crippen molar-refractivity contribution in [3.05, 3.63) is 36.7 Å². The second-order valence-electron chi connectivity index (χ2n) is 4.51. The number of amides is 1. The maximum absolute atomic E-state index is 12.0. The van der Waals surface area contributed by atoms with Crippen LogP contribution in [0.2, 0.25) is 0 Å². The monoisotopic (exact) mass is 257 g/mol. The van der Waals surface area contributed by atoms with E-state index in [4.69, 9.17) is 4.74 Å². The number of carbonyl (C=O) groups excluding carboxylic acids is 1. The molecular formula is C14H15N3O2. The highest BCUT2D eigenvalue weighted by molar-refractivity contribution is 5.94. The highest BCUT2D eigenvalue weighted by Crippen LogP contribution is 2.20. The number of hydrogen-bond acceptors (Lipinski definition) is 3. The number of rotatable bonds is 3. The Hall–Kier alpha value is -2.14. The van der Waals surface area contributed by atoms with E-state index in [2.05, 4.69) is 15.3 Å². The van der Waals surface area contributed by atoms with Crippen LogP contribution in [-0.4, -0.2) is 28.6 Å². The molecule has 1 atom stereocenters. The maximum atomic E-state index is 12.0. The number of carbonyl (C=O) groups is 1. The molecule has 98 valence electrons. The lowest BCUT2D eigenvalue weighted by Crippen LogP contribution is -2.26. The van der Waals surface area contributed by atoms with E-state index in [1.807, 2.05) is 24.3 Å². The van der Waals surface area contributed by atoms with Crippen LogP contribution in [-0.2, 0) is 9.53 Å². The molecule has 2 N–H and O–H groups in total. The van der Waals surface area contributed by atoms with Gasteiger partial charge in [0.1, 0.15) is 11.9 Å². The van der Waals surface area contributed by atoms with Crippen LogP contribution in [0.3, 0.4) is 0 Å². The van der Waals surface area contributed by atoms with Gasteiger partial charge in [-0.05, 0) is 25.0 Å². The van der Waals surface area contributed by atoms with Gasteiger partial charge >= 0.3 is 0 Å². The summed E-state index contributed by atoms with van der Waals surface area (Å²) in [5.74, 6) is 0.710. The Morgan fingerprint density at radius 1 is 1.47 bits per heavy atom. The lowest BCUT2D eigenvalue weighted by Gasteiger charge is -2.10. The highest BCUT2D eigenvalue weighted by atomic mass is 16.5. The van der Waals surface area contributed by atoms with Crippen molar-refractivity contribution in [3.63, 3.8) is 0 Å². The number of aromatic amines is 1. The first-order valence-electron chi connectivity index (χ1n) is 6.35. The van der Waals surface area contributed by atoms with Gasteiger partial charge in [0.15, 0.2) is 0 Å². The molecule has 0 radical (unpaired) electrons. The summed E-state index contributed by atoms with van der Waals surface area (Å²) in [5, 5.41) is 2.88. The molecule has 0 saturated carbocycles. The van der Waals surface area contributed by atoms with Gasteiger partial charge in [-0.2, -0.15) is 0 Å². The molecule has 1 fully saturated rings. The Morgan fingerprint density at radius 2 is 2.42 bits per heavy atom. The van der Waals surface area contributed by atoms with Crippen molar-refractivity contribution in [3.8, 4) is 11.4 Å². The van der Waals surface area contributed by atoms with Crippen molar-refractivity contribution in [2.45, 2.75) is 18.9 Å². The number of benzene rings is 1. The van der Waals surface area contributed by atoms with Crippen molar-refractivity contribution in [1.82, 2.24) is 9.97 Å². The Bertz CT molecular complexity index is 560. The summed E-state index contributed by atoms with van der Waals surface area (Å²) in [6.45, 7) is 0.671. The Labute approximate surface area is 111 Å². The summed E-state index contributed by atoms with van der Waals surface area (Å²) >= 11 is 0. The molecule has 3 rings (SSSR count). The van der Waals surface area contributed by atoms with Crippen molar-refractivity contribution < 1.29 is 9.53 Å². The minimum absolute atomic E-state index is 0.0749. The number of H-pyrrole nitrogens is 1. The third kappa shape index (κ3) is 2.66. The normalized spacial score (nSPS) is 18.4. The molecule has 1 unspecified atom stereocenters. The Kier molecular flexibility index (Phi) is 3.29. The van der Waals surface area contributed by atoms with Gasteiger partial charge in [-0.15, -0.1) is 0 Å². The van der Waals surface area contributed by atoms with Gasteiger partial charge in [-0.3, -0.25) is 4.79 Å². The minimum Gasteiger partial charge on any atom is -0.368 e. The predicted octanol–water partition coefficient (Wildman–Crippen LogP) is 2.19. The van der Waals surface area contributed by atoms with E-state index < -0.39 is 0 Å². The van der Waals surface area contributed by atoms with E-state index in [0.29, 0.717) is 6.61 Å². The molecular weight excluding hydrogens is 242 g/mol. The minimum atomic E-state index is -0.313. The zero-order valence-electron chi connectivity index (χ0n) is 10.4. The van der Waals surface area contributed by atoms with Crippen LogP contribution in [0.5, 0.6) is 0 Å². The SMILES string of the molecule is O=C(Nc1cccc(-c2ncc[nH]2)c1)C1CCCO1. The zero-order chi connectivity index (χ0) is 13.1. The first-order chi connectivity index (χ1) is 9.33. The van der Waals surface area contributed by atoms with Crippen LogP contribution in [0.4, 0.5) is 5.69 Å². The van der Waals surface area contributed by atoms with Crippen molar-refractivity contribution in [2.75, 3.05) is 11.9 Å². The van der Waals surface area contributed by atoms with Crippen LogP contribution < -0.4 is 5.32 Å². The third-order valence-corrected chi connectivity index (χ3v) is 3.12. The summed E-state index contributed by atoms with van der Waals surface area (Å²) in [6, 6.07) is 7.59. The fraction of sp³-hybridized carbons (Fsp3) is 0.286. The van der Waals surface area contributed by atoms with Gasteiger partial charge in [-0.1, -0.05) is 12.1 Å². The van der Waals surface area contributed by atoms with Gasteiger partial charge in [0.05, 0.1) is 0 Å². The Balaban J connectivity index is 1.74. The summed E-state index contributed by atoms with van der Waals surface area (Å²) in [5.41, 5.74) is 1.70. The summed E-state index contributed by atoms with van der Waals surface area (Å²) in [7, 11) is 0. The van der Waals surface area contributed by atoms with Gasteiger partial charge in [-0.25, -0.2) is 4.98 Å². The molecule has 1 aromatic heterocycles. The topological polar surface area (TPSA) is 67.0 Å². The largest absolute Gasteiger partial charge is 0.368 e. The molecule has 2 heterocycles. The molecule has 0 aliphatic carbocycles. The molecule has 5 heteroatoms. The van der Waals surface area contributed by atoms with Crippen LogP contribution in [0, 0.1) is 0 Å². The van der Waals surface area contributed by atoms with Gasteiger partial charge in [0.25, 0.3) is 5.91 Å². The average molecular weight is 257 g/mol. The predicted molar refractivity (Wildman–Crippen MR) is 71.6 cm³/mol. The van der Waals surface area contributed by atoms with Gasteiger partial charge < -0.3 is 15.0 Å². The lowest BCUT2D eigenvalue weighted by molar-refractivity contribution is -0.124. The molecule has 1 aromatic carbocycles. The molecule has 5 nitrogen and oxygen atoms in total. The van der Waals surface area contributed by atoms with Gasteiger partial charge in [0, 0.05) is 30.3 Å². The first kappa shape index (κ1) is 11.9. The van der Waals surface area contributed by atoms with Crippen molar-refractivity contribution in [2.24, 2.45) is 0 Å². The fourth-order valence-corrected chi connectivity index (χ4v) is 2.17. The average Bonchev–Trinajstić information content (AvgIpc) is 3.13. The molecule has 0 spiro atoms. The summed E-state index contributed by atoms with van der Waals surface area (Å²) in [6.07, 6.45) is 4.90. The Morgan fingerprint density at radius 3 is 3.16 bits per heavy atom. The maximum Gasteiger partial charge on any atom is 0.253 e. The van der Waals surface area contributed by atoms with E-state index in [-0.39, 0.29) is 12.0 Å². The first-order valence-corrected chi connectivity index (χ1v) is 6.35. The van der Waals surface area contributed by atoms with Crippen molar-refractivity contribution in [1.29, 1.82) is 0 Å². The summed E-state index contributed by atoms with van der Waals surface area (Å²) < 4.78 is 5.36. The number of imidazole rings is 1. The smallest absolute Gasteiger partial charge is 0.253 e. The molecule has 1 aliphatic rings. The molecule has 1 aliphatic heterocycles. The number of hydrogen-bond donors (Lipinski definition) is 2. The summed E-state index contributed by atoms with van der Waals surface area (Å²) in [4.78, 5) is 19.2. The molecule has 2 aromatic rings. The quantitative estimate of drug-likeness (QED) is 0.885. The fourth-order valence-electron chi connectivity index (χ4n) is 2.17. The van der Waals surface area contributed by atoms with Crippen LogP contribution in [0.25, 0.3) is 11.4 Å². The van der Waals surface area contributed by atoms with E-state index in [1.54, 1.807) is 12.4 Å². The molecule has 0 bridgehead atoms. The second kappa shape index (κ2) is 5.24. The molecule has 19 heavy (non-hydrogen) atoms. The van der Waals surface area contributed by atoms with Crippen molar-refractivity contribution >= 4 is 11.6 Å². The lowest BCUT2D eigenvalue weighted by atomic mass is 10.1. The highest BCUT2D eigenvalue weighted by Gasteiger charge is 2.23. The van der Waals surface area contributed by atoms with Crippen LogP contribution in [0.1, 0.15) is 12.8 Å². The third-order valence-electron chi connectivity index (χ3n) is 3.12.